The van der Waals surface area contributed by atoms with Gasteiger partial charge in [-0.15, -0.1) is 0 Å². The Labute approximate surface area is 110 Å². The second kappa shape index (κ2) is 6.90. The molecule has 0 saturated carbocycles. The Morgan fingerprint density at radius 1 is 1.39 bits per heavy atom. The van der Waals surface area contributed by atoms with E-state index in [1.165, 1.54) is 0 Å². The quantitative estimate of drug-likeness (QED) is 0.674. The van der Waals surface area contributed by atoms with Crippen molar-refractivity contribution in [2.24, 2.45) is 0 Å². The van der Waals surface area contributed by atoms with Crippen molar-refractivity contribution >= 4 is 29.3 Å². The van der Waals surface area contributed by atoms with Crippen molar-refractivity contribution in [3.05, 3.63) is 29.8 Å². The van der Waals surface area contributed by atoms with Gasteiger partial charge in [-0.2, -0.15) is 11.8 Å². The minimum atomic E-state index is -1.02. The van der Waals surface area contributed by atoms with Crippen molar-refractivity contribution < 1.29 is 14.7 Å². The van der Waals surface area contributed by atoms with Crippen LogP contribution >= 0.6 is 11.8 Å². The first-order chi connectivity index (χ1) is 8.54. The van der Waals surface area contributed by atoms with Gasteiger partial charge in [0.05, 0.1) is 0 Å². The van der Waals surface area contributed by atoms with Gasteiger partial charge in [-0.1, -0.05) is 0 Å². The minimum absolute atomic E-state index is 0.400. The number of anilines is 1. The number of carboxylic acids is 1. The Morgan fingerprint density at radius 2 is 2.00 bits per heavy atom. The molecule has 0 aliphatic carbocycles. The topological polar surface area (TPSA) is 92.4 Å². The van der Waals surface area contributed by atoms with E-state index in [1.807, 2.05) is 6.26 Å². The zero-order chi connectivity index (χ0) is 13.5. The summed E-state index contributed by atoms with van der Waals surface area (Å²) in [5.41, 5.74) is 6.47. The van der Waals surface area contributed by atoms with Crippen LogP contribution in [-0.2, 0) is 4.79 Å². The molecule has 5 nitrogen and oxygen atoms in total. The van der Waals surface area contributed by atoms with Crippen LogP contribution < -0.4 is 11.1 Å². The fourth-order valence-corrected chi connectivity index (χ4v) is 1.84. The lowest BCUT2D eigenvalue weighted by Gasteiger charge is -2.13. The molecule has 4 N–H and O–H groups in total. The number of aliphatic carboxylic acids is 1. The highest BCUT2D eigenvalue weighted by Gasteiger charge is 2.19. The number of nitrogens with one attached hydrogen (secondary N) is 1. The lowest BCUT2D eigenvalue weighted by Crippen LogP contribution is -2.41. The number of benzene rings is 1. The van der Waals surface area contributed by atoms with E-state index in [2.05, 4.69) is 5.32 Å². The number of thioether (sulfide) groups is 1. The number of amides is 1. The fraction of sp³-hybridized carbons (Fsp3) is 0.333. The molecule has 1 rings (SSSR count). The first kappa shape index (κ1) is 14.4. The second-order valence-corrected chi connectivity index (χ2v) is 4.75. The maximum absolute atomic E-state index is 11.8. The van der Waals surface area contributed by atoms with E-state index in [9.17, 15) is 9.59 Å². The summed E-state index contributed by atoms with van der Waals surface area (Å²) in [5, 5.41) is 11.5. The van der Waals surface area contributed by atoms with E-state index in [4.69, 9.17) is 10.8 Å². The molecule has 0 spiro atoms. The molecule has 0 aromatic heterocycles. The maximum Gasteiger partial charge on any atom is 0.326 e. The summed E-state index contributed by atoms with van der Waals surface area (Å²) in [6.07, 6.45) is 2.29. The summed E-state index contributed by atoms with van der Waals surface area (Å²) in [7, 11) is 0. The predicted molar refractivity (Wildman–Crippen MR) is 72.7 cm³/mol. The molecular weight excluding hydrogens is 252 g/mol. The van der Waals surface area contributed by atoms with Crippen molar-refractivity contribution in [1.82, 2.24) is 5.32 Å². The summed E-state index contributed by atoms with van der Waals surface area (Å²) < 4.78 is 0. The zero-order valence-electron chi connectivity index (χ0n) is 10.1. The van der Waals surface area contributed by atoms with Crippen LogP contribution in [0.3, 0.4) is 0 Å². The average molecular weight is 268 g/mol. The third-order valence-electron chi connectivity index (χ3n) is 2.39. The number of carbonyl (C=O) groups excluding carboxylic acids is 1. The van der Waals surface area contributed by atoms with Gasteiger partial charge in [0.15, 0.2) is 0 Å². The molecule has 0 aliphatic rings. The summed E-state index contributed by atoms with van der Waals surface area (Å²) >= 11 is 1.54. The van der Waals surface area contributed by atoms with Gasteiger partial charge >= 0.3 is 5.97 Å². The molecule has 0 aliphatic heterocycles. The van der Waals surface area contributed by atoms with Gasteiger partial charge in [-0.3, -0.25) is 4.79 Å². The highest BCUT2D eigenvalue weighted by Crippen LogP contribution is 2.07. The van der Waals surface area contributed by atoms with Crippen molar-refractivity contribution in [3.8, 4) is 0 Å². The Hall–Kier alpha value is -1.69. The van der Waals surface area contributed by atoms with Crippen molar-refractivity contribution in [1.29, 1.82) is 0 Å². The third-order valence-corrected chi connectivity index (χ3v) is 3.03. The average Bonchev–Trinajstić information content (AvgIpc) is 2.34. The highest BCUT2D eigenvalue weighted by molar-refractivity contribution is 7.98. The number of rotatable bonds is 6. The van der Waals surface area contributed by atoms with Crippen molar-refractivity contribution in [3.63, 3.8) is 0 Å². The highest BCUT2D eigenvalue weighted by atomic mass is 32.2. The number of carboxylic acid groups (broad SMARTS) is 1. The predicted octanol–water partition coefficient (Wildman–Crippen LogP) is 1.20. The molecule has 98 valence electrons. The van der Waals surface area contributed by atoms with Gasteiger partial charge in [0.2, 0.25) is 0 Å². The van der Waals surface area contributed by atoms with Crippen LogP contribution in [0.4, 0.5) is 5.69 Å². The molecule has 18 heavy (non-hydrogen) atoms. The van der Waals surface area contributed by atoms with Gasteiger partial charge in [-0.05, 0) is 42.7 Å². The van der Waals surface area contributed by atoms with Crippen LogP contribution in [0.5, 0.6) is 0 Å². The Balaban J connectivity index is 2.66. The van der Waals surface area contributed by atoms with Gasteiger partial charge < -0.3 is 16.2 Å². The van der Waals surface area contributed by atoms with Crippen molar-refractivity contribution in [2.75, 3.05) is 17.7 Å². The Kier molecular flexibility index (Phi) is 5.51. The summed E-state index contributed by atoms with van der Waals surface area (Å²) in [4.78, 5) is 22.8. The van der Waals surface area contributed by atoms with E-state index in [1.54, 1.807) is 36.0 Å². The second-order valence-electron chi connectivity index (χ2n) is 3.77. The molecular formula is C12H16N2O3S. The molecule has 0 heterocycles. The Morgan fingerprint density at radius 3 is 2.50 bits per heavy atom. The zero-order valence-corrected chi connectivity index (χ0v) is 10.9. The smallest absolute Gasteiger partial charge is 0.326 e. The lowest BCUT2D eigenvalue weighted by atomic mass is 10.1. The SMILES string of the molecule is CSCC[C@@H](NC(=O)c1ccc(N)cc1)C(=O)O. The normalized spacial score (nSPS) is 11.8. The first-order valence-electron chi connectivity index (χ1n) is 5.42. The van der Waals surface area contributed by atoms with Gasteiger partial charge in [-0.25, -0.2) is 4.79 Å². The number of carbonyl (C=O) groups is 2. The summed E-state index contributed by atoms with van der Waals surface area (Å²) in [5.74, 6) is -0.740. The Bertz CT molecular complexity index is 420. The molecule has 1 aromatic carbocycles. The number of hydrogen-bond donors (Lipinski definition) is 3. The van der Waals surface area contributed by atoms with Crippen LogP contribution in [0.1, 0.15) is 16.8 Å². The molecule has 0 saturated heterocycles. The lowest BCUT2D eigenvalue weighted by molar-refractivity contribution is -0.139. The van der Waals surface area contributed by atoms with E-state index in [0.717, 1.165) is 0 Å². The van der Waals surface area contributed by atoms with Gasteiger partial charge in [0.1, 0.15) is 6.04 Å². The van der Waals surface area contributed by atoms with Crippen LogP contribution in [-0.4, -0.2) is 35.0 Å². The van der Waals surface area contributed by atoms with Crippen LogP contribution in [0.25, 0.3) is 0 Å². The van der Waals surface area contributed by atoms with Crippen molar-refractivity contribution in [2.45, 2.75) is 12.5 Å². The van der Waals surface area contributed by atoms with E-state index >= 15 is 0 Å². The molecule has 0 bridgehead atoms. The monoisotopic (exact) mass is 268 g/mol. The van der Waals surface area contributed by atoms with E-state index in [0.29, 0.717) is 23.4 Å². The molecule has 0 fully saturated rings. The van der Waals surface area contributed by atoms with Gasteiger partial charge in [0.25, 0.3) is 5.91 Å². The number of nitrogen functional groups attached to an aromatic ring is 1. The molecule has 6 heteroatoms. The molecule has 0 radical (unpaired) electrons. The number of nitrogens with two attached hydrogens (primary N) is 1. The molecule has 1 aromatic rings. The minimum Gasteiger partial charge on any atom is -0.480 e. The summed E-state index contributed by atoms with van der Waals surface area (Å²) in [6.45, 7) is 0. The standard InChI is InChI=1S/C12H16N2O3S/c1-18-7-6-10(12(16)17)14-11(15)8-2-4-9(13)5-3-8/h2-5,10H,6-7,13H2,1H3,(H,14,15)(H,16,17)/t10-/m1/s1. The number of hydrogen-bond acceptors (Lipinski definition) is 4. The van der Waals surface area contributed by atoms with Crippen LogP contribution in [0.15, 0.2) is 24.3 Å². The molecule has 1 amide bonds. The van der Waals surface area contributed by atoms with Crippen LogP contribution in [0.2, 0.25) is 0 Å². The van der Waals surface area contributed by atoms with Crippen LogP contribution in [0, 0.1) is 0 Å². The first-order valence-corrected chi connectivity index (χ1v) is 6.82. The van der Waals surface area contributed by atoms with Gasteiger partial charge in [0, 0.05) is 11.3 Å². The maximum atomic E-state index is 11.8. The third kappa shape index (κ3) is 4.29. The largest absolute Gasteiger partial charge is 0.480 e. The molecule has 0 unspecified atom stereocenters. The molecule has 1 atom stereocenters. The fourth-order valence-electron chi connectivity index (χ4n) is 1.37. The summed E-state index contributed by atoms with van der Waals surface area (Å²) in [6, 6.07) is 5.48. The van der Waals surface area contributed by atoms with E-state index < -0.39 is 17.9 Å². The van der Waals surface area contributed by atoms with E-state index in [-0.39, 0.29) is 0 Å².